The third-order valence-corrected chi connectivity index (χ3v) is 3.79. The van der Waals surface area contributed by atoms with E-state index >= 15 is 0 Å². The van der Waals surface area contributed by atoms with Crippen LogP contribution in [0.2, 0.25) is 0 Å². The Bertz CT molecular complexity index is 445. The van der Waals surface area contributed by atoms with Crippen LogP contribution in [0.3, 0.4) is 0 Å². The Balaban J connectivity index is 1.77. The topological polar surface area (TPSA) is 49.8 Å². The first kappa shape index (κ1) is 15.8. The lowest BCUT2D eigenvalue weighted by Crippen LogP contribution is -2.45. The molecule has 0 saturated heterocycles. The van der Waals surface area contributed by atoms with E-state index in [1.807, 2.05) is 4.90 Å². The summed E-state index contributed by atoms with van der Waals surface area (Å²) in [7, 11) is 0. The summed E-state index contributed by atoms with van der Waals surface area (Å²) < 4.78 is 18.2. The van der Waals surface area contributed by atoms with Gasteiger partial charge in [-0.3, -0.25) is 4.79 Å². The number of nitrogens with zero attached hydrogens (tertiary/aromatic N) is 1. The number of rotatable bonds is 8. The van der Waals surface area contributed by atoms with Crippen molar-refractivity contribution in [3.63, 3.8) is 0 Å². The molecule has 1 fully saturated rings. The van der Waals surface area contributed by atoms with Crippen molar-refractivity contribution in [3.8, 4) is 5.75 Å². The number of benzene rings is 1. The maximum Gasteiger partial charge on any atom is 0.226 e. The van der Waals surface area contributed by atoms with Gasteiger partial charge in [0.25, 0.3) is 0 Å². The molecule has 1 amide bonds. The molecule has 1 saturated carbocycles. The number of carbonyl (C=O) groups is 1. The Hall–Kier alpha value is -1.62. The van der Waals surface area contributed by atoms with Crippen LogP contribution < -0.4 is 4.74 Å². The minimum absolute atomic E-state index is 0.0651. The summed E-state index contributed by atoms with van der Waals surface area (Å²) in [6.07, 6.45) is 4.19. The third-order valence-electron chi connectivity index (χ3n) is 3.79. The molecule has 2 rings (SSSR count). The van der Waals surface area contributed by atoms with Gasteiger partial charge in [-0.25, -0.2) is 4.39 Å². The van der Waals surface area contributed by atoms with E-state index in [9.17, 15) is 9.18 Å². The van der Waals surface area contributed by atoms with Crippen LogP contribution in [0.15, 0.2) is 24.3 Å². The van der Waals surface area contributed by atoms with Gasteiger partial charge in [-0.1, -0.05) is 0 Å². The van der Waals surface area contributed by atoms with E-state index in [0.717, 1.165) is 12.8 Å². The van der Waals surface area contributed by atoms with Crippen LogP contribution in [-0.4, -0.2) is 41.7 Å². The monoisotopic (exact) mass is 295 g/mol. The zero-order valence-electron chi connectivity index (χ0n) is 12.1. The van der Waals surface area contributed by atoms with Gasteiger partial charge in [-0.05, 0) is 49.9 Å². The highest BCUT2D eigenvalue weighted by molar-refractivity contribution is 5.76. The highest BCUT2D eigenvalue weighted by Gasteiger charge is 2.27. The van der Waals surface area contributed by atoms with Crippen LogP contribution in [0.4, 0.5) is 4.39 Å². The number of carbonyl (C=O) groups excluding carboxylic acids is 1. The number of halogens is 1. The Morgan fingerprint density at radius 3 is 2.62 bits per heavy atom. The van der Waals surface area contributed by atoms with Gasteiger partial charge in [0.05, 0.1) is 13.0 Å². The van der Waals surface area contributed by atoms with Gasteiger partial charge in [0, 0.05) is 19.2 Å². The van der Waals surface area contributed by atoms with Crippen molar-refractivity contribution in [2.75, 3.05) is 19.8 Å². The molecule has 0 atom stereocenters. The van der Waals surface area contributed by atoms with Crippen LogP contribution in [0.25, 0.3) is 0 Å². The molecule has 21 heavy (non-hydrogen) atoms. The molecule has 1 aromatic rings. The van der Waals surface area contributed by atoms with Crippen LogP contribution >= 0.6 is 0 Å². The molecule has 0 bridgehead atoms. The van der Waals surface area contributed by atoms with Crippen molar-refractivity contribution in [3.05, 3.63) is 30.1 Å². The Kier molecular flexibility index (Phi) is 5.99. The van der Waals surface area contributed by atoms with E-state index < -0.39 is 0 Å². The van der Waals surface area contributed by atoms with Crippen molar-refractivity contribution in [1.82, 2.24) is 4.90 Å². The fraction of sp³-hybridized carbons (Fsp3) is 0.562. The van der Waals surface area contributed by atoms with Gasteiger partial charge in [-0.15, -0.1) is 0 Å². The number of amides is 1. The SMILES string of the molecule is O=C(CCOc1ccc(F)cc1)N(CCCO)C1CCC1. The van der Waals surface area contributed by atoms with Crippen LogP contribution in [-0.2, 0) is 4.79 Å². The van der Waals surface area contributed by atoms with Gasteiger partial charge in [0.1, 0.15) is 11.6 Å². The molecule has 0 unspecified atom stereocenters. The van der Waals surface area contributed by atoms with Gasteiger partial charge < -0.3 is 14.7 Å². The smallest absolute Gasteiger partial charge is 0.226 e. The van der Waals surface area contributed by atoms with Crippen LogP contribution in [0, 0.1) is 5.82 Å². The predicted molar refractivity (Wildman–Crippen MR) is 77.6 cm³/mol. The maximum absolute atomic E-state index is 12.8. The summed E-state index contributed by atoms with van der Waals surface area (Å²) in [5.41, 5.74) is 0. The van der Waals surface area contributed by atoms with Gasteiger partial charge in [0.2, 0.25) is 5.91 Å². The highest BCUT2D eigenvalue weighted by Crippen LogP contribution is 2.25. The summed E-state index contributed by atoms with van der Waals surface area (Å²) in [6.45, 7) is 0.992. The minimum atomic E-state index is -0.307. The van der Waals surface area contributed by atoms with Crippen molar-refractivity contribution < 1.29 is 19.0 Å². The number of hydrogen-bond acceptors (Lipinski definition) is 3. The second-order valence-electron chi connectivity index (χ2n) is 5.30. The van der Waals surface area contributed by atoms with E-state index in [1.54, 1.807) is 12.1 Å². The molecule has 116 valence electrons. The largest absolute Gasteiger partial charge is 0.493 e. The molecule has 1 aliphatic carbocycles. The van der Waals surface area contributed by atoms with Gasteiger partial charge in [-0.2, -0.15) is 0 Å². The first-order chi connectivity index (χ1) is 10.2. The van der Waals surface area contributed by atoms with Crippen LogP contribution in [0.5, 0.6) is 5.75 Å². The lowest BCUT2D eigenvalue weighted by Gasteiger charge is -2.37. The molecule has 1 N–H and O–H groups in total. The number of aliphatic hydroxyl groups excluding tert-OH is 1. The number of aliphatic hydroxyl groups is 1. The van der Waals surface area contributed by atoms with Crippen molar-refractivity contribution in [2.24, 2.45) is 0 Å². The predicted octanol–water partition coefficient (Wildman–Crippen LogP) is 2.36. The molecule has 0 radical (unpaired) electrons. The second-order valence-corrected chi connectivity index (χ2v) is 5.30. The molecular formula is C16H22FNO3. The van der Waals surface area contributed by atoms with E-state index in [2.05, 4.69) is 0 Å². The number of hydrogen-bond donors (Lipinski definition) is 1. The molecule has 0 aliphatic heterocycles. The normalized spacial score (nSPS) is 14.6. The summed E-state index contributed by atoms with van der Waals surface area (Å²) >= 11 is 0. The fourth-order valence-corrected chi connectivity index (χ4v) is 2.38. The average Bonchev–Trinajstić information content (AvgIpc) is 2.43. The minimum Gasteiger partial charge on any atom is -0.493 e. The average molecular weight is 295 g/mol. The number of ether oxygens (including phenoxy) is 1. The van der Waals surface area contributed by atoms with E-state index in [4.69, 9.17) is 9.84 Å². The Morgan fingerprint density at radius 2 is 2.05 bits per heavy atom. The summed E-state index contributed by atoms with van der Waals surface area (Å²) in [4.78, 5) is 14.1. The fourth-order valence-electron chi connectivity index (χ4n) is 2.38. The first-order valence-corrected chi connectivity index (χ1v) is 7.49. The standard InChI is InChI=1S/C16H22FNO3/c17-13-5-7-15(8-6-13)21-12-9-16(20)18(10-2-11-19)14-3-1-4-14/h5-8,14,19H,1-4,9-12H2. The Morgan fingerprint density at radius 1 is 1.33 bits per heavy atom. The van der Waals surface area contributed by atoms with E-state index in [-0.39, 0.29) is 24.9 Å². The quantitative estimate of drug-likeness (QED) is 0.801. The summed E-state index contributed by atoms with van der Waals surface area (Å²) in [5, 5.41) is 8.92. The second kappa shape index (κ2) is 7.98. The van der Waals surface area contributed by atoms with E-state index in [0.29, 0.717) is 31.2 Å². The summed E-state index contributed by atoms with van der Waals surface area (Å²) in [5.74, 6) is 0.323. The molecule has 4 nitrogen and oxygen atoms in total. The van der Waals surface area contributed by atoms with Gasteiger partial charge in [0.15, 0.2) is 0 Å². The molecule has 0 heterocycles. The lowest BCUT2D eigenvalue weighted by molar-refractivity contribution is -0.136. The zero-order valence-corrected chi connectivity index (χ0v) is 12.1. The highest BCUT2D eigenvalue weighted by atomic mass is 19.1. The van der Waals surface area contributed by atoms with Crippen molar-refractivity contribution >= 4 is 5.91 Å². The molecular weight excluding hydrogens is 273 g/mol. The van der Waals surface area contributed by atoms with Crippen LogP contribution in [0.1, 0.15) is 32.1 Å². The first-order valence-electron chi connectivity index (χ1n) is 7.49. The summed E-state index contributed by atoms with van der Waals surface area (Å²) in [6, 6.07) is 6.10. The molecule has 1 aliphatic rings. The third kappa shape index (κ3) is 4.70. The lowest BCUT2D eigenvalue weighted by atomic mass is 9.91. The van der Waals surface area contributed by atoms with Gasteiger partial charge >= 0.3 is 0 Å². The Labute approximate surface area is 124 Å². The van der Waals surface area contributed by atoms with E-state index in [1.165, 1.54) is 18.6 Å². The molecule has 0 spiro atoms. The van der Waals surface area contributed by atoms with Crippen molar-refractivity contribution in [2.45, 2.75) is 38.1 Å². The molecule has 5 heteroatoms. The van der Waals surface area contributed by atoms with Crippen molar-refractivity contribution in [1.29, 1.82) is 0 Å². The zero-order chi connectivity index (χ0) is 15.1. The molecule has 0 aromatic heterocycles. The maximum atomic E-state index is 12.8. The molecule has 1 aromatic carbocycles.